The van der Waals surface area contributed by atoms with Crippen molar-refractivity contribution in [3.63, 3.8) is 0 Å². The quantitative estimate of drug-likeness (QED) is 0.446. The van der Waals surface area contributed by atoms with E-state index in [2.05, 4.69) is 82.5 Å². The number of aryl methyl sites for hydroxylation is 3. The predicted molar refractivity (Wildman–Crippen MR) is 151 cm³/mol. The Kier molecular flexibility index (Phi) is 8.66. The fourth-order valence-electron chi connectivity index (χ4n) is 5.44. The Morgan fingerprint density at radius 2 is 1.54 bits per heavy atom. The molecule has 0 spiro atoms. The molecular formula is C30H42N6O. The molecule has 2 fully saturated rings. The average molecular weight is 503 g/mol. The van der Waals surface area contributed by atoms with Gasteiger partial charge in [-0.2, -0.15) is 0 Å². The summed E-state index contributed by atoms with van der Waals surface area (Å²) in [6, 6.07) is 11.0. The SMILES string of the molecule is CCc1nc2c(C)cc(C)nc2n1Cc1ccc(/C=C/CN2CCN(CCN3CCOCC3)CC2)cc1. The molecule has 2 aliphatic heterocycles. The molecule has 198 valence electrons. The minimum absolute atomic E-state index is 0.801. The zero-order valence-electron chi connectivity index (χ0n) is 22.8. The standard InChI is InChI=1S/C30H42N6O/c1-4-28-32-29-24(2)22-25(3)31-30(29)36(28)23-27-9-7-26(8-10-27)6-5-11-33-12-14-34(15-13-33)16-17-35-18-20-37-21-19-35/h5-10,22H,4,11-21,23H2,1-3H3/b6-5+. The van der Waals surface area contributed by atoms with Gasteiger partial charge in [0.2, 0.25) is 0 Å². The van der Waals surface area contributed by atoms with Gasteiger partial charge in [0.1, 0.15) is 11.3 Å². The Labute approximate surface area is 221 Å². The molecular weight excluding hydrogens is 460 g/mol. The number of benzene rings is 1. The van der Waals surface area contributed by atoms with Gasteiger partial charge in [-0.3, -0.25) is 14.7 Å². The van der Waals surface area contributed by atoms with Crippen LogP contribution in [-0.2, 0) is 17.7 Å². The molecule has 2 aromatic heterocycles. The maximum Gasteiger partial charge on any atom is 0.160 e. The Morgan fingerprint density at radius 3 is 2.24 bits per heavy atom. The van der Waals surface area contributed by atoms with Crippen molar-refractivity contribution in [1.82, 2.24) is 29.2 Å². The van der Waals surface area contributed by atoms with Gasteiger partial charge in [-0.1, -0.05) is 43.3 Å². The molecule has 4 heterocycles. The second kappa shape index (κ2) is 12.3. The van der Waals surface area contributed by atoms with E-state index in [1.807, 2.05) is 0 Å². The van der Waals surface area contributed by atoms with Gasteiger partial charge in [-0.25, -0.2) is 9.97 Å². The first-order chi connectivity index (χ1) is 18.1. The van der Waals surface area contributed by atoms with Crippen molar-refractivity contribution in [3.05, 3.63) is 64.6 Å². The molecule has 2 saturated heterocycles. The zero-order chi connectivity index (χ0) is 25.6. The van der Waals surface area contributed by atoms with Gasteiger partial charge in [0.15, 0.2) is 5.65 Å². The lowest BCUT2D eigenvalue weighted by atomic mass is 10.1. The number of nitrogens with zero attached hydrogens (tertiary/aromatic N) is 6. The summed E-state index contributed by atoms with van der Waals surface area (Å²) in [5.41, 5.74) is 6.80. The van der Waals surface area contributed by atoms with Crippen LogP contribution in [0.4, 0.5) is 0 Å². The summed E-state index contributed by atoms with van der Waals surface area (Å²) in [5.74, 6) is 1.10. The van der Waals surface area contributed by atoms with E-state index < -0.39 is 0 Å². The topological polar surface area (TPSA) is 49.7 Å². The fraction of sp³-hybridized carbons (Fsp3) is 0.533. The van der Waals surface area contributed by atoms with Gasteiger partial charge in [0.05, 0.1) is 19.8 Å². The van der Waals surface area contributed by atoms with Crippen LogP contribution in [0, 0.1) is 13.8 Å². The van der Waals surface area contributed by atoms with E-state index in [1.165, 1.54) is 42.9 Å². The van der Waals surface area contributed by atoms with E-state index in [-0.39, 0.29) is 0 Å². The smallest absolute Gasteiger partial charge is 0.160 e. The fourth-order valence-corrected chi connectivity index (χ4v) is 5.44. The lowest BCUT2D eigenvalue weighted by Gasteiger charge is -2.36. The van der Waals surface area contributed by atoms with Crippen LogP contribution in [0.3, 0.4) is 0 Å². The predicted octanol–water partition coefficient (Wildman–Crippen LogP) is 3.62. The van der Waals surface area contributed by atoms with E-state index >= 15 is 0 Å². The van der Waals surface area contributed by atoms with Gasteiger partial charge < -0.3 is 9.30 Å². The molecule has 0 N–H and O–H groups in total. The molecule has 0 atom stereocenters. The van der Waals surface area contributed by atoms with E-state index in [4.69, 9.17) is 14.7 Å². The minimum Gasteiger partial charge on any atom is -0.379 e. The molecule has 0 aliphatic carbocycles. The van der Waals surface area contributed by atoms with Gasteiger partial charge in [-0.15, -0.1) is 0 Å². The average Bonchev–Trinajstić information content (AvgIpc) is 3.27. The number of ether oxygens (including phenoxy) is 1. The third-order valence-electron chi connectivity index (χ3n) is 7.71. The molecule has 0 saturated carbocycles. The number of hydrogen-bond donors (Lipinski definition) is 0. The molecule has 7 nitrogen and oxygen atoms in total. The monoisotopic (exact) mass is 502 g/mol. The van der Waals surface area contributed by atoms with Crippen molar-refractivity contribution < 1.29 is 4.74 Å². The molecule has 0 unspecified atom stereocenters. The van der Waals surface area contributed by atoms with Gasteiger partial charge in [0, 0.05) is 71.0 Å². The van der Waals surface area contributed by atoms with E-state index in [1.54, 1.807) is 0 Å². The molecule has 0 radical (unpaired) electrons. The van der Waals surface area contributed by atoms with Crippen molar-refractivity contribution in [1.29, 1.82) is 0 Å². The van der Waals surface area contributed by atoms with Gasteiger partial charge in [0.25, 0.3) is 0 Å². The van der Waals surface area contributed by atoms with Crippen LogP contribution < -0.4 is 0 Å². The number of rotatable bonds is 9. The molecule has 2 aliphatic rings. The first-order valence-corrected chi connectivity index (χ1v) is 13.9. The number of aromatic nitrogens is 3. The molecule has 0 bridgehead atoms. The van der Waals surface area contributed by atoms with E-state index in [0.717, 1.165) is 81.6 Å². The Balaban J connectivity index is 1.10. The van der Waals surface area contributed by atoms with Crippen molar-refractivity contribution in [2.45, 2.75) is 33.7 Å². The van der Waals surface area contributed by atoms with Crippen molar-refractivity contribution in [3.8, 4) is 0 Å². The molecule has 7 heteroatoms. The lowest BCUT2D eigenvalue weighted by molar-refractivity contribution is 0.0303. The lowest BCUT2D eigenvalue weighted by Crippen LogP contribution is -2.49. The highest BCUT2D eigenvalue weighted by atomic mass is 16.5. The van der Waals surface area contributed by atoms with Crippen LogP contribution in [0.2, 0.25) is 0 Å². The highest BCUT2D eigenvalue weighted by molar-refractivity contribution is 5.76. The summed E-state index contributed by atoms with van der Waals surface area (Å²) in [6.07, 6.45) is 5.47. The first-order valence-electron chi connectivity index (χ1n) is 13.9. The first kappa shape index (κ1) is 26.0. The minimum atomic E-state index is 0.801. The summed E-state index contributed by atoms with van der Waals surface area (Å²) < 4.78 is 7.74. The molecule has 0 amide bonds. The highest BCUT2D eigenvalue weighted by Gasteiger charge is 2.18. The normalized spacial score (nSPS) is 18.4. The zero-order valence-corrected chi connectivity index (χ0v) is 22.8. The summed E-state index contributed by atoms with van der Waals surface area (Å²) in [4.78, 5) is 17.4. The summed E-state index contributed by atoms with van der Waals surface area (Å²) in [5, 5.41) is 0. The highest BCUT2D eigenvalue weighted by Crippen LogP contribution is 2.21. The largest absolute Gasteiger partial charge is 0.379 e. The van der Waals surface area contributed by atoms with Gasteiger partial charge >= 0.3 is 0 Å². The number of hydrogen-bond acceptors (Lipinski definition) is 6. The number of fused-ring (bicyclic) bond motifs is 1. The van der Waals surface area contributed by atoms with Crippen molar-refractivity contribution in [2.75, 3.05) is 72.1 Å². The number of imidazole rings is 1. The second-order valence-electron chi connectivity index (χ2n) is 10.5. The van der Waals surface area contributed by atoms with Crippen LogP contribution in [-0.4, -0.2) is 101 Å². The third kappa shape index (κ3) is 6.65. The molecule has 37 heavy (non-hydrogen) atoms. The van der Waals surface area contributed by atoms with Crippen molar-refractivity contribution in [2.24, 2.45) is 0 Å². The number of piperazine rings is 1. The van der Waals surface area contributed by atoms with Crippen LogP contribution in [0.25, 0.3) is 17.2 Å². The second-order valence-corrected chi connectivity index (χ2v) is 10.5. The Morgan fingerprint density at radius 1 is 0.865 bits per heavy atom. The van der Waals surface area contributed by atoms with E-state index in [9.17, 15) is 0 Å². The Bertz CT molecular complexity index is 1190. The van der Waals surface area contributed by atoms with E-state index in [0.29, 0.717) is 0 Å². The summed E-state index contributed by atoms with van der Waals surface area (Å²) in [7, 11) is 0. The summed E-state index contributed by atoms with van der Waals surface area (Å²) in [6.45, 7) is 19.1. The molecule has 1 aromatic carbocycles. The Hall–Kier alpha value is -2.58. The van der Waals surface area contributed by atoms with Crippen LogP contribution in [0.1, 0.15) is 35.1 Å². The maximum atomic E-state index is 5.46. The summed E-state index contributed by atoms with van der Waals surface area (Å²) >= 11 is 0. The number of pyridine rings is 1. The van der Waals surface area contributed by atoms with Gasteiger partial charge in [-0.05, 0) is 36.6 Å². The maximum absolute atomic E-state index is 5.46. The third-order valence-corrected chi connectivity index (χ3v) is 7.71. The number of morpholine rings is 1. The van der Waals surface area contributed by atoms with Crippen LogP contribution in [0.15, 0.2) is 36.4 Å². The van der Waals surface area contributed by atoms with Crippen molar-refractivity contribution >= 4 is 17.2 Å². The van der Waals surface area contributed by atoms with Crippen LogP contribution >= 0.6 is 0 Å². The molecule has 3 aromatic rings. The molecule has 5 rings (SSSR count). The van der Waals surface area contributed by atoms with Crippen LogP contribution in [0.5, 0.6) is 0 Å².